The van der Waals surface area contributed by atoms with Crippen molar-refractivity contribution in [1.82, 2.24) is 20.4 Å². The van der Waals surface area contributed by atoms with E-state index in [9.17, 15) is 4.79 Å². The lowest BCUT2D eigenvalue weighted by Crippen LogP contribution is -2.26. The first-order chi connectivity index (χ1) is 12.5. The minimum atomic E-state index is -0.325. The molecule has 1 saturated carbocycles. The van der Waals surface area contributed by atoms with Crippen molar-refractivity contribution in [3.63, 3.8) is 0 Å². The van der Waals surface area contributed by atoms with E-state index in [0.29, 0.717) is 17.4 Å². The van der Waals surface area contributed by atoms with Crippen LogP contribution in [0.1, 0.15) is 64.5 Å². The third kappa shape index (κ3) is 3.39. The molecule has 0 spiro atoms. The van der Waals surface area contributed by atoms with E-state index in [4.69, 9.17) is 4.52 Å². The van der Waals surface area contributed by atoms with Crippen LogP contribution in [0.4, 0.5) is 0 Å². The Balaban J connectivity index is 1.44. The van der Waals surface area contributed by atoms with Crippen LogP contribution in [0.5, 0.6) is 0 Å². The third-order valence-corrected chi connectivity index (χ3v) is 5.55. The van der Waals surface area contributed by atoms with Crippen LogP contribution in [0.25, 0.3) is 10.4 Å². The Morgan fingerprint density at radius 1 is 1.23 bits per heavy atom. The van der Waals surface area contributed by atoms with E-state index in [1.807, 2.05) is 45.0 Å². The van der Waals surface area contributed by atoms with Crippen LogP contribution in [0.15, 0.2) is 28.8 Å². The van der Waals surface area contributed by atoms with Gasteiger partial charge in [0.05, 0.1) is 15.6 Å². The van der Waals surface area contributed by atoms with Gasteiger partial charge in [0, 0.05) is 11.5 Å². The molecule has 4 rings (SSSR count). The largest absolute Gasteiger partial charge is 0.341 e. The van der Waals surface area contributed by atoms with Crippen molar-refractivity contribution in [2.75, 3.05) is 0 Å². The van der Waals surface area contributed by atoms with Gasteiger partial charge in [0.2, 0.25) is 5.89 Å². The number of amides is 1. The van der Waals surface area contributed by atoms with Crippen molar-refractivity contribution in [3.05, 3.63) is 52.2 Å². The highest BCUT2D eigenvalue weighted by atomic mass is 32.1. The van der Waals surface area contributed by atoms with Crippen LogP contribution >= 0.6 is 11.3 Å². The molecule has 0 radical (unpaired) electrons. The molecule has 0 aliphatic heterocycles. The first-order valence-electron chi connectivity index (χ1n) is 8.70. The molecule has 1 fully saturated rings. The van der Waals surface area contributed by atoms with Gasteiger partial charge in [-0.3, -0.25) is 4.79 Å². The number of aromatic nitrogens is 3. The Morgan fingerprint density at radius 3 is 2.58 bits per heavy atom. The second kappa shape index (κ2) is 6.64. The molecular weight excluding hydrogens is 348 g/mol. The fraction of sp³-hybridized carbons (Fsp3) is 0.368. The number of hydrogen-bond donors (Lipinski definition) is 1. The maximum absolute atomic E-state index is 12.5. The van der Waals surface area contributed by atoms with E-state index in [-0.39, 0.29) is 11.9 Å². The Hall–Kier alpha value is -2.54. The molecule has 0 bridgehead atoms. The molecule has 1 N–H and O–H groups in total. The summed E-state index contributed by atoms with van der Waals surface area (Å²) < 4.78 is 5.28. The Labute approximate surface area is 155 Å². The smallest absolute Gasteiger partial charge is 0.251 e. The van der Waals surface area contributed by atoms with E-state index >= 15 is 0 Å². The van der Waals surface area contributed by atoms with E-state index in [0.717, 1.165) is 39.8 Å². The summed E-state index contributed by atoms with van der Waals surface area (Å²) in [6.07, 6.45) is 2.23. The number of benzene rings is 1. The lowest BCUT2D eigenvalue weighted by molar-refractivity contribution is 0.0932. The Morgan fingerprint density at radius 2 is 1.96 bits per heavy atom. The third-order valence-electron chi connectivity index (χ3n) is 4.43. The zero-order chi connectivity index (χ0) is 18.3. The summed E-state index contributed by atoms with van der Waals surface area (Å²) in [7, 11) is 0. The molecule has 26 heavy (non-hydrogen) atoms. The van der Waals surface area contributed by atoms with Crippen molar-refractivity contribution in [2.45, 2.75) is 45.6 Å². The molecule has 7 heteroatoms. The second-order valence-corrected chi connectivity index (χ2v) is 7.89. The predicted molar refractivity (Wildman–Crippen MR) is 99.2 cm³/mol. The van der Waals surface area contributed by atoms with Crippen molar-refractivity contribution in [1.29, 1.82) is 0 Å². The number of hydrogen-bond acceptors (Lipinski definition) is 6. The van der Waals surface area contributed by atoms with Crippen molar-refractivity contribution in [2.24, 2.45) is 0 Å². The monoisotopic (exact) mass is 368 g/mol. The average molecular weight is 368 g/mol. The number of carbonyl (C=O) groups is 1. The first kappa shape index (κ1) is 16.9. The molecule has 0 unspecified atom stereocenters. The highest BCUT2D eigenvalue weighted by molar-refractivity contribution is 7.15. The number of aryl methyl sites for hydroxylation is 2. The van der Waals surface area contributed by atoms with Gasteiger partial charge >= 0.3 is 0 Å². The molecule has 3 aromatic rings. The highest BCUT2D eigenvalue weighted by Crippen LogP contribution is 2.38. The zero-order valence-electron chi connectivity index (χ0n) is 14.9. The zero-order valence-corrected chi connectivity index (χ0v) is 15.8. The van der Waals surface area contributed by atoms with Gasteiger partial charge < -0.3 is 9.84 Å². The van der Waals surface area contributed by atoms with Gasteiger partial charge in [0.1, 0.15) is 6.04 Å². The normalized spacial score (nSPS) is 15.0. The van der Waals surface area contributed by atoms with Gasteiger partial charge in [-0.25, -0.2) is 4.98 Å². The molecule has 134 valence electrons. The lowest BCUT2D eigenvalue weighted by Gasteiger charge is -2.10. The fourth-order valence-corrected chi connectivity index (χ4v) is 3.77. The minimum Gasteiger partial charge on any atom is -0.341 e. The number of nitrogens with zero attached hydrogens (tertiary/aromatic N) is 3. The summed E-state index contributed by atoms with van der Waals surface area (Å²) in [5.41, 5.74) is 2.69. The maximum atomic E-state index is 12.5. The number of thiazole rings is 1. The predicted octanol–water partition coefficient (Wildman–Crippen LogP) is 4.18. The molecule has 1 aliphatic carbocycles. The summed E-state index contributed by atoms with van der Waals surface area (Å²) in [4.78, 5) is 22.5. The molecular formula is C19H20N4O2S. The summed E-state index contributed by atoms with van der Waals surface area (Å²) in [6, 6.07) is 7.24. The second-order valence-electron chi connectivity index (χ2n) is 6.69. The van der Waals surface area contributed by atoms with Gasteiger partial charge in [-0.05, 0) is 51.3 Å². The van der Waals surface area contributed by atoms with E-state index in [1.165, 1.54) is 0 Å². The fourth-order valence-electron chi connectivity index (χ4n) is 2.84. The molecule has 2 heterocycles. The summed E-state index contributed by atoms with van der Waals surface area (Å²) >= 11 is 1.66. The van der Waals surface area contributed by atoms with E-state index in [1.54, 1.807) is 11.3 Å². The number of carbonyl (C=O) groups excluding carboxylic acids is 1. The van der Waals surface area contributed by atoms with Crippen molar-refractivity contribution >= 4 is 17.2 Å². The molecule has 0 saturated heterocycles. The lowest BCUT2D eigenvalue weighted by atomic mass is 10.1. The van der Waals surface area contributed by atoms with Crippen LogP contribution in [0.2, 0.25) is 0 Å². The highest BCUT2D eigenvalue weighted by Gasteiger charge is 2.29. The Kier molecular flexibility index (Phi) is 4.32. The van der Waals surface area contributed by atoms with Crippen LogP contribution in [-0.2, 0) is 0 Å². The van der Waals surface area contributed by atoms with Crippen LogP contribution in [0.3, 0.4) is 0 Å². The SMILES string of the molecule is Cc1nc(C)c(-c2ccc(C(=O)N[C@@H](C)c3nc(C4CC4)no3)cc2)s1. The van der Waals surface area contributed by atoms with Crippen LogP contribution in [-0.4, -0.2) is 21.0 Å². The van der Waals surface area contributed by atoms with Gasteiger partial charge in [-0.2, -0.15) is 4.98 Å². The average Bonchev–Trinajstić information content (AvgIpc) is 3.25. The minimum absolute atomic E-state index is 0.160. The molecule has 6 nitrogen and oxygen atoms in total. The molecule has 2 aromatic heterocycles. The van der Waals surface area contributed by atoms with Gasteiger partial charge in [-0.1, -0.05) is 17.3 Å². The first-order valence-corrected chi connectivity index (χ1v) is 9.51. The summed E-state index contributed by atoms with van der Waals surface area (Å²) in [6.45, 7) is 5.85. The standard InChI is InChI=1S/C19H20N4O2S/c1-10-16(26-12(3)20-10)13-4-8-15(9-5-13)18(24)21-11(2)19-22-17(23-25-19)14-6-7-14/h4-5,8-9,11,14H,6-7H2,1-3H3,(H,21,24)/t11-/m0/s1. The quantitative estimate of drug-likeness (QED) is 0.731. The van der Waals surface area contributed by atoms with Gasteiger partial charge in [0.25, 0.3) is 5.91 Å². The number of rotatable bonds is 5. The van der Waals surface area contributed by atoms with E-state index < -0.39 is 0 Å². The summed E-state index contributed by atoms with van der Waals surface area (Å²) in [5, 5.41) is 7.95. The van der Waals surface area contributed by atoms with Gasteiger partial charge in [-0.15, -0.1) is 11.3 Å². The summed E-state index contributed by atoms with van der Waals surface area (Å²) in [5.74, 6) is 1.47. The van der Waals surface area contributed by atoms with Crippen LogP contribution in [0, 0.1) is 13.8 Å². The van der Waals surface area contributed by atoms with Crippen LogP contribution < -0.4 is 5.32 Å². The van der Waals surface area contributed by atoms with Crippen molar-refractivity contribution < 1.29 is 9.32 Å². The molecule has 1 atom stereocenters. The number of nitrogens with one attached hydrogen (secondary N) is 1. The van der Waals surface area contributed by atoms with Gasteiger partial charge in [0.15, 0.2) is 5.82 Å². The van der Waals surface area contributed by atoms with E-state index in [2.05, 4.69) is 20.4 Å². The maximum Gasteiger partial charge on any atom is 0.251 e. The topological polar surface area (TPSA) is 80.9 Å². The molecule has 1 amide bonds. The Bertz CT molecular complexity index is 941. The van der Waals surface area contributed by atoms with Crippen molar-refractivity contribution in [3.8, 4) is 10.4 Å². The molecule has 1 aromatic carbocycles. The molecule has 1 aliphatic rings.